The minimum Gasteiger partial charge on any atom is -0.355 e. The van der Waals surface area contributed by atoms with Crippen LogP contribution in [0.25, 0.3) is 0 Å². The van der Waals surface area contributed by atoms with Crippen molar-refractivity contribution in [2.75, 3.05) is 18.6 Å². The molecule has 0 aliphatic rings. The van der Waals surface area contributed by atoms with Crippen molar-refractivity contribution in [3.8, 4) is 0 Å². The molecule has 0 spiro atoms. The van der Waals surface area contributed by atoms with Crippen LogP contribution in [0.5, 0.6) is 0 Å². The maximum atomic E-state index is 11.8. The second-order valence-electron chi connectivity index (χ2n) is 4.88. The number of hydrogen-bond donors (Lipinski definition) is 2. The molecule has 3 N–H and O–H groups in total. The lowest BCUT2D eigenvalue weighted by atomic mass is 9.74. The highest BCUT2D eigenvalue weighted by atomic mass is 32.2. The lowest BCUT2D eigenvalue weighted by Crippen LogP contribution is -2.55. The third-order valence-corrected chi connectivity index (χ3v) is 3.63. The molecule has 1 amide bonds. The molecule has 0 saturated heterocycles. The SMILES string of the molecule is CS(=O)CCNC(=O)C(C)(C)C(C)(C)N. The highest BCUT2D eigenvalue weighted by Crippen LogP contribution is 2.28. The number of carbonyl (C=O) groups is 1. The minimum absolute atomic E-state index is 0.0968. The summed E-state index contributed by atoms with van der Waals surface area (Å²) in [6.07, 6.45) is 1.62. The lowest BCUT2D eigenvalue weighted by Gasteiger charge is -2.36. The lowest BCUT2D eigenvalue weighted by molar-refractivity contribution is -0.132. The van der Waals surface area contributed by atoms with Crippen LogP contribution in [0.15, 0.2) is 0 Å². The summed E-state index contributed by atoms with van der Waals surface area (Å²) < 4.78 is 10.8. The number of nitrogens with one attached hydrogen (secondary N) is 1. The van der Waals surface area contributed by atoms with Gasteiger partial charge >= 0.3 is 0 Å². The molecule has 0 aliphatic heterocycles. The van der Waals surface area contributed by atoms with E-state index in [1.165, 1.54) is 0 Å². The standard InChI is InChI=1S/C10H22N2O2S/c1-9(2,10(3,4)11)8(13)12-6-7-15(5)14/h6-7,11H2,1-5H3,(H,12,13). The molecular weight excluding hydrogens is 212 g/mol. The van der Waals surface area contributed by atoms with E-state index in [0.29, 0.717) is 12.3 Å². The molecule has 1 atom stereocenters. The van der Waals surface area contributed by atoms with E-state index in [1.807, 2.05) is 27.7 Å². The zero-order chi connectivity index (χ0) is 12.3. The second-order valence-corrected chi connectivity index (χ2v) is 6.43. The van der Waals surface area contributed by atoms with Crippen molar-refractivity contribution in [3.63, 3.8) is 0 Å². The molecule has 0 heterocycles. The van der Waals surface area contributed by atoms with E-state index in [9.17, 15) is 9.00 Å². The number of hydrogen-bond acceptors (Lipinski definition) is 3. The zero-order valence-corrected chi connectivity index (χ0v) is 11.0. The van der Waals surface area contributed by atoms with Crippen LogP contribution >= 0.6 is 0 Å². The third kappa shape index (κ3) is 4.30. The quantitative estimate of drug-likeness (QED) is 0.716. The Hall–Kier alpha value is -0.420. The van der Waals surface area contributed by atoms with Crippen LogP contribution in [0.3, 0.4) is 0 Å². The van der Waals surface area contributed by atoms with Crippen LogP contribution in [0.2, 0.25) is 0 Å². The molecule has 0 radical (unpaired) electrons. The highest BCUT2D eigenvalue weighted by Gasteiger charge is 2.40. The van der Waals surface area contributed by atoms with E-state index in [1.54, 1.807) is 6.26 Å². The van der Waals surface area contributed by atoms with Gasteiger partial charge in [-0.15, -0.1) is 0 Å². The Balaban J connectivity index is 4.27. The number of carbonyl (C=O) groups excluding carboxylic acids is 1. The topological polar surface area (TPSA) is 72.2 Å². The van der Waals surface area contributed by atoms with Gasteiger partial charge in [0.05, 0.1) is 5.41 Å². The summed E-state index contributed by atoms with van der Waals surface area (Å²) >= 11 is 0. The van der Waals surface area contributed by atoms with Gasteiger partial charge in [0.2, 0.25) is 5.91 Å². The fourth-order valence-corrected chi connectivity index (χ4v) is 1.21. The van der Waals surface area contributed by atoms with Gasteiger partial charge in [-0.3, -0.25) is 9.00 Å². The molecule has 1 unspecified atom stereocenters. The summed E-state index contributed by atoms with van der Waals surface area (Å²) in [5.41, 5.74) is 4.71. The molecule has 90 valence electrons. The molecule has 0 aliphatic carbocycles. The second kappa shape index (κ2) is 5.07. The van der Waals surface area contributed by atoms with Crippen molar-refractivity contribution in [1.29, 1.82) is 0 Å². The number of nitrogens with two attached hydrogens (primary N) is 1. The number of rotatable bonds is 5. The molecule has 0 fully saturated rings. The maximum absolute atomic E-state index is 11.8. The van der Waals surface area contributed by atoms with E-state index in [-0.39, 0.29) is 5.91 Å². The van der Waals surface area contributed by atoms with Gasteiger partial charge in [0.25, 0.3) is 0 Å². The van der Waals surface area contributed by atoms with Gasteiger partial charge in [0, 0.05) is 34.9 Å². The van der Waals surface area contributed by atoms with Crippen molar-refractivity contribution in [1.82, 2.24) is 5.32 Å². The predicted molar refractivity (Wildman–Crippen MR) is 64.0 cm³/mol. The molecule has 0 rings (SSSR count). The van der Waals surface area contributed by atoms with Gasteiger partial charge in [0.15, 0.2) is 0 Å². The van der Waals surface area contributed by atoms with Crippen molar-refractivity contribution < 1.29 is 9.00 Å². The monoisotopic (exact) mass is 234 g/mol. The molecule has 5 heteroatoms. The van der Waals surface area contributed by atoms with E-state index in [4.69, 9.17) is 5.73 Å². The summed E-state index contributed by atoms with van der Waals surface area (Å²) in [4.78, 5) is 11.8. The molecule has 0 aromatic carbocycles. The third-order valence-electron chi connectivity index (χ3n) is 2.85. The summed E-state index contributed by atoms with van der Waals surface area (Å²) in [5, 5.41) is 2.75. The largest absolute Gasteiger partial charge is 0.355 e. The van der Waals surface area contributed by atoms with Gasteiger partial charge in [-0.25, -0.2) is 0 Å². The van der Waals surface area contributed by atoms with E-state index in [0.717, 1.165) is 0 Å². The van der Waals surface area contributed by atoms with Crippen LogP contribution in [-0.2, 0) is 15.6 Å². The van der Waals surface area contributed by atoms with Gasteiger partial charge in [0.1, 0.15) is 0 Å². The Morgan fingerprint density at radius 2 is 1.80 bits per heavy atom. The Labute approximate surface area is 94.4 Å². The van der Waals surface area contributed by atoms with Gasteiger partial charge in [-0.2, -0.15) is 0 Å². The highest BCUT2D eigenvalue weighted by molar-refractivity contribution is 7.84. The van der Waals surface area contributed by atoms with Crippen molar-refractivity contribution in [2.24, 2.45) is 11.1 Å². The van der Waals surface area contributed by atoms with Gasteiger partial charge in [-0.05, 0) is 27.7 Å². The van der Waals surface area contributed by atoms with Crippen LogP contribution in [-0.4, -0.2) is 34.2 Å². The fourth-order valence-electron chi connectivity index (χ4n) is 0.822. The predicted octanol–water partition coefficient (Wildman–Crippen LogP) is 0.245. The first-order valence-corrected chi connectivity index (χ1v) is 6.69. The van der Waals surface area contributed by atoms with Crippen LogP contribution < -0.4 is 11.1 Å². The smallest absolute Gasteiger partial charge is 0.227 e. The van der Waals surface area contributed by atoms with Crippen LogP contribution in [0.4, 0.5) is 0 Å². The van der Waals surface area contributed by atoms with E-state index in [2.05, 4.69) is 5.32 Å². The molecule has 15 heavy (non-hydrogen) atoms. The molecule has 0 aromatic heterocycles. The average molecular weight is 234 g/mol. The van der Waals surface area contributed by atoms with Crippen LogP contribution in [0, 0.1) is 5.41 Å². The first-order valence-electron chi connectivity index (χ1n) is 4.96. The van der Waals surface area contributed by atoms with Gasteiger partial charge < -0.3 is 11.1 Å². The summed E-state index contributed by atoms with van der Waals surface area (Å²) in [6.45, 7) is 7.70. The van der Waals surface area contributed by atoms with Crippen molar-refractivity contribution in [3.05, 3.63) is 0 Å². The normalized spacial score (nSPS) is 14.8. The molecule has 0 bridgehead atoms. The average Bonchev–Trinajstić information content (AvgIpc) is 2.01. The Morgan fingerprint density at radius 3 is 2.13 bits per heavy atom. The molecular formula is C10H22N2O2S. The van der Waals surface area contributed by atoms with Crippen molar-refractivity contribution in [2.45, 2.75) is 33.2 Å². The fraction of sp³-hybridized carbons (Fsp3) is 0.900. The molecule has 0 aromatic rings. The first kappa shape index (κ1) is 14.6. The number of amides is 1. The summed E-state index contributed by atoms with van der Waals surface area (Å²) in [7, 11) is -0.876. The Morgan fingerprint density at radius 1 is 1.33 bits per heavy atom. The molecule has 4 nitrogen and oxygen atoms in total. The summed E-state index contributed by atoms with van der Waals surface area (Å²) in [6, 6.07) is 0. The van der Waals surface area contributed by atoms with Gasteiger partial charge in [-0.1, -0.05) is 0 Å². The Bertz CT molecular complexity index is 257. The van der Waals surface area contributed by atoms with Crippen LogP contribution in [0.1, 0.15) is 27.7 Å². The Kier molecular flexibility index (Phi) is 4.93. The maximum Gasteiger partial charge on any atom is 0.227 e. The molecule has 0 saturated carbocycles. The minimum atomic E-state index is -0.876. The first-order chi connectivity index (χ1) is 6.59. The summed E-state index contributed by atoms with van der Waals surface area (Å²) in [5.74, 6) is 0.382. The van der Waals surface area contributed by atoms with E-state index < -0.39 is 21.8 Å². The van der Waals surface area contributed by atoms with E-state index >= 15 is 0 Å². The zero-order valence-electron chi connectivity index (χ0n) is 10.2. The van der Waals surface area contributed by atoms with Crippen molar-refractivity contribution >= 4 is 16.7 Å².